The van der Waals surface area contributed by atoms with Crippen LogP contribution in [0.2, 0.25) is 0 Å². The van der Waals surface area contributed by atoms with Crippen LogP contribution >= 0.6 is 11.8 Å². The zero-order valence-electron chi connectivity index (χ0n) is 13.5. The summed E-state index contributed by atoms with van der Waals surface area (Å²) in [6.45, 7) is 0.346. The molecule has 1 aromatic heterocycles. The van der Waals surface area contributed by atoms with Crippen LogP contribution in [0.5, 0.6) is 5.75 Å². The average molecular weight is 356 g/mol. The number of aromatic nitrogens is 2. The van der Waals surface area contributed by atoms with E-state index < -0.39 is 0 Å². The lowest BCUT2D eigenvalue weighted by molar-refractivity contribution is 0.324. The second-order valence-corrected chi connectivity index (χ2v) is 7.01. The van der Waals surface area contributed by atoms with E-state index in [1.54, 1.807) is 22.8 Å². The third kappa shape index (κ3) is 3.39. The number of halogens is 1. The van der Waals surface area contributed by atoms with Crippen LogP contribution in [0.15, 0.2) is 58.5 Å². The van der Waals surface area contributed by atoms with Gasteiger partial charge in [-0.25, -0.2) is 9.37 Å². The van der Waals surface area contributed by atoms with Crippen molar-refractivity contribution in [3.05, 3.63) is 64.7 Å². The van der Waals surface area contributed by atoms with Gasteiger partial charge in [0.15, 0.2) is 16.7 Å². The lowest BCUT2D eigenvalue weighted by Gasteiger charge is -2.12. The van der Waals surface area contributed by atoms with Gasteiger partial charge >= 0.3 is 0 Å². The molecule has 0 unspecified atom stereocenters. The summed E-state index contributed by atoms with van der Waals surface area (Å²) in [5, 5.41) is 1.37. The topological polar surface area (TPSA) is 44.1 Å². The molecule has 0 amide bonds. The molecule has 4 rings (SSSR count). The molecule has 1 heterocycles. The summed E-state index contributed by atoms with van der Waals surface area (Å²) in [6, 6.07) is 14.0. The highest BCUT2D eigenvalue weighted by atomic mass is 32.2. The minimum absolute atomic E-state index is 0.0191. The fourth-order valence-corrected chi connectivity index (χ4v) is 3.61. The van der Waals surface area contributed by atoms with E-state index in [0.717, 1.165) is 12.8 Å². The van der Waals surface area contributed by atoms with Gasteiger partial charge in [0, 0.05) is 11.8 Å². The Labute approximate surface area is 148 Å². The van der Waals surface area contributed by atoms with Crippen molar-refractivity contribution in [3.8, 4) is 5.75 Å². The largest absolute Gasteiger partial charge is 0.490 e. The highest BCUT2D eigenvalue weighted by molar-refractivity contribution is 7.99. The third-order valence-electron chi connectivity index (χ3n) is 4.10. The summed E-state index contributed by atoms with van der Waals surface area (Å²) in [5.41, 5.74) is 0.729. The summed E-state index contributed by atoms with van der Waals surface area (Å²) in [5.74, 6) is 0.464. The van der Waals surface area contributed by atoms with Gasteiger partial charge in [-0.1, -0.05) is 36.0 Å². The minimum atomic E-state index is -0.369. The van der Waals surface area contributed by atoms with E-state index in [0.29, 0.717) is 28.4 Å². The molecule has 0 bridgehead atoms. The quantitative estimate of drug-likeness (QED) is 0.380. The molecule has 0 atom stereocenters. The highest BCUT2D eigenvalue weighted by Crippen LogP contribution is 2.36. The van der Waals surface area contributed by atoms with Crippen LogP contribution in [-0.2, 0) is 0 Å². The molecule has 0 aliphatic heterocycles. The number of hydrogen-bond acceptors (Lipinski definition) is 4. The first-order chi connectivity index (χ1) is 12.2. The number of ether oxygens (including phenoxy) is 1. The van der Waals surface area contributed by atoms with Gasteiger partial charge in [0.05, 0.1) is 17.5 Å². The molecule has 6 heteroatoms. The molecule has 0 saturated heterocycles. The molecular formula is C19H17FN2O2S. The zero-order chi connectivity index (χ0) is 17.2. The SMILES string of the molecule is O=c1c2ccccc2nc(SCCOc2ccccc2F)n1C1CC1. The van der Waals surface area contributed by atoms with Crippen molar-refractivity contribution in [1.82, 2.24) is 9.55 Å². The zero-order valence-corrected chi connectivity index (χ0v) is 14.3. The fourth-order valence-electron chi connectivity index (χ4n) is 2.73. The molecule has 2 aromatic carbocycles. The Morgan fingerprint density at radius 3 is 2.72 bits per heavy atom. The van der Waals surface area contributed by atoms with Crippen molar-refractivity contribution in [3.63, 3.8) is 0 Å². The first-order valence-corrected chi connectivity index (χ1v) is 9.24. The van der Waals surface area contributed by atoms with Crippen molar-refractivity contribution in [1.29, 1.82) is 0 Å². The minimum Gasteiger partial charge on any atom is -0.490 e. The van der Waals surface area contributed by atoms with Crippen molar-refractivity contribution < 1.29 is 9.13 Å². The van der Waals surface area contributed by atoms with Crippen molar-refractivity contribution >= 4 is 22.7 Å². The van der Waals surface area contributed by atoms with Crippen molar-refractivity contribution in [2.45, 2.75) is 24.0 Å². The monoisotopic (exact) mass is 356 g/mol. The number of thioether (sulfide) groups is 1. The Kier molecular flexibility index (Phi) is 4.44. The predicted octanol–water partition coefficient (Wildman–Crippen LogP) is 4.04. The Morgan fingerprint density at radius 1 is 1.16 bits per heavy atom. The van der Waals surface area contributed by atoms with E-state index in [-0.39, 0.29) is 23.2 Å². The molecule has 0 spiro atoms. The van der Waals surface area contributed by atoms with Gasteiger partial charge in [-0.2, -0.15) is 0 Å². The summed E-state index contributed by atoms with van der Waals surface area (Å²) in [6.07, 6.45) is 2.03. The second-order valence-electron chi connectivity index (χ2n) is 5.95. The summed E-state index contributed by atoms with van der Waals surface area (Å²) >= 11 is 1.47. The first-order valence-electron chi connectivity index (χ1n) is 8.25. The standard InChI is InChI=1S/C19H17FN2O2S/c20-15-6-2-4-8-17(15)24-11-12-25-19-21-16-7-3-1-5-14(16)18(23)22(19)13-9-10-13/h1-8,13H,9-12H2. The molecule has 1 aliphatic carbocycles. The normalized spacial score (nSPS) is 14.0. The molecule has 1 aliphatic rings. The van der Waals surface area contributed by atoms with Crippen LogP contribution in [0.3, 0.4) is 0 Å². The Balaban J connectivity index is 1.52. The molecule has 3 aromatic rings. The summed E-state index contributed by atoms with van der Waals surface area (Å²) in [7, 11) is 0. The van der Waals surface area contributed by atoms with Gasteiger partial charge in [-0.05, 0) is 37.1 Å². The molecule has 1 saturated carbocycles. The fraction of sp³-hybridized carbons (Fsp3) is 0.263. The number of para-hydroxylation sites is 2. The molecule has 25 heavy (non-hydrogen) atoms. The molecular weight excluding hydrogens is 339 g/mol. The molecule has 4 nitrogen and oxygen atoms in total. The molecule has 1 fully saturated rings. The number of rotatable bonds is 6. The Hall–Kier alpha value is -2.34. The van der Waals surface area contributed by atoms with Crippen LogP contribution < -0.4 is 10.3 Å². The maximum absolute atomic E-state index is 13.6. The molecule has 0 N–H and O–H groups in total. The number of benzene rings is 2. The van der Waals surface area contributed by atoms with Crippen LogP contribution in [0.25, 0.3) is 10.9 Å². The molecule has 0 radical (unpaired) electrons. The maximum atomic E-state index is 13.6. The van der Waals surface area contributed by atoms with Crippen LogP contribution in [0.1, 0.15) is 18.9 Å². The Morgan fingerprint density at radius 2 is 1.92 bits per heavy atom. The third-order valence-corrected chi connectivity index (χ3v) is 5.01. The first kappa shape index (κ1) is 16.1. The maximum Gasteiger partial charge on any atom is 0.262 e. The van der Waals surface area contributed by atoms with Gasteiger partial charge < -0.3 is 4.74 Å². The van der Waals surface area contributed by atoms with Crippen molar-refractivity contribution in [2.24, 2.45) is 0 Å². The number of hydrogen-bond donors (Lipinski definition) is 0. The van der Waals surface area contributed by atoms with Crippen molar-refractivity contribution in [2.75, 3.05) is 12.4 Å². The predicted molar refractivity (Wildman–Crippen MR) is 96.9 cm³/mol. The Bertz CT molecular complexity index is 969. The smallest absolute Gasteiger partial charge is 0.262 e. The van der Waals surface area contributed by atoms with E-state index in [4.69, 9.17) is 4.74 Å². The van der Waals surface area contributed by atoms with E-state index in [2.05, 4.69) is 4.98 Å². The van der Waals surface area contributed by atoms with Crippen LogP contribution in [-0.4, -0.2) is 21.9 Å². The van der Waals surface area contributed by atoms with Gasteiger partial charge in [0.25, 0.3) is 5.56 Å². The highest BCUT2D eigenvalue weighted by Gasteiger charge is 2.28. The van der Waals surface area contributed by atoms with Gasteiger partial charge in [-0.15, -0.1) is 0 Å². The van der Waals surface area contributed by atoms with Gasteiger partial charge in [0.1, 0.15) is 0 Å². The van der Waals surface area contributed by atoms with E-state index >= 15 is 0 Å². The van der Waals surface area contributed by atoms with Crippen LogP contribution in [0.4, 0.5) is 4.39 Å². The van der Waals surface area contributed by atoms with Gasteiger partial charge in [0.2, 0.25) is 0 Å². The van der Waals surface area contributed by atoms with E-state index in [1.165, 1.54) is 17.8 Å². The number of nitrogens with zero attached hydrogens (tertiary/aromatic N) is 2. The lowest BCUT2D eigenvalue weighted by atomic mass is 10.2. The van der Waals surface area contributed by atoms with E-state index in [1.807, 2.05) is 24.3 Å². The summed E-state index contributed by atoms with van der Waals surface area (Å²) < 4.78 is 20.8. The second kappa shape index (κ2) is 6.88. The number of fused-ring (bicyclic) bond motifs is 1. The average Bonchev–Trinajstić information content (AvgIpc) is 3.45. The van der Waals surface area contributed by atoms with Gasteiger partial charge in [-0.3, -0.25) is 9.36 Å². The summed E-state index contributed by atoms with van der Waals surface area (Å²) in [4.78, 5) is 17.4. The van der Waals surface area contributed by atoms with Crippen LogP contribution in [0, 0.1) is 5.82 Å². The van der Waals surface area contributed by atoms with E-state index in [9.17, 15) is 9.18 Å². The molecule has 128 valence electrons. The lowest BCUT2D eigenvalue weighted by Crippen LogP contribution is -2.22.